The van der Waals surface area contributed by atoms with E-state index in [1.807, 2.05) is 13.0 Å². The number of hydrogen-bond acceptors (Lipinski definition) is 3. The Kier molecular flexibility index (Phi) is 6.58. The van der Waals surface area contributed by atoms with Gasteiger partial charge in [0.15, 0.2) is 5.96 Å². The van der Waals surface area contributed by atoms with Gasteiger partial charge in [-0.2, -0.15) is 0 Å². The van der Waals surface area contributed by atoms with Crippen LogP contribution >= 0.6 is 0 Å². The molecular formula is C18H26FN3O2. The van der Waals surface area contributed by atoms with Crippen LogP contribution in [0.5, 0.6) is 0 Å². The number of guanidine groups is 1. The van der Waals surface area contributed by atoms with Gasteiger partial charge in [0.1, 0.15) is 5.82 Å². The summed E-state index contributed by atoms with van der Waals surface area (Å²) in [6, 6.07) is 5.07. The van der Waals surface area contributed by atoms with E-state index in [2.05, 4.69) is 15.2 Å². The van der Waals surface area contributed by atoms with E-state index in [-0.39, 0.29) is 17.7 Å². The maximum absolute atomic E-state index is 13.3. The van der Waals surface area contributed by atoms with Crippen molar-refractivity contribution in [2.24, 2.45) is 10.9 Å². The van der Waals surface area contributed by atoms with Crippen molar-refractivity contribution in [2.75, 3.05) is 26.7 Å². The van der Waals surface area contributed by atoms with Gasteiger partial charge >= 0.3 is 5.97 Å². The molecule has 6 heteroatoms. The summed E-state index contributed by atoms with van der Waals surface area (Å²) in [5.74, 6) is 0.495. The van der Waals surface area contributed by atoms with Crippen LogP contribution in [0, 0.1) is 18.7 Å². The average molecular weight is 335 g/mol. The Balaban J connectivity index is 2.01. The SMILES string of the molecule is CCNC(=NCc1ccc(F)c(C)c1)N1CCC(C(=O)OC)CC1. The molecule has 0 radical (unpaired) electrons. The van der Waals surface area contributed by atoms with Gasteiger partial charge in [-0.1, -0.05) is 12.1 Å². The Morgan fingerprint density at radius 1 is 1.42 bits per heavy atom. The van der Waals surface area contributed by atoms with Crippen LogP contribution in [0.15, 0.2) is 23.2 Å². The molecule has 0 aromatic heterocycles. The zero-order chi connectivity index (χ0) is 17.5. The van der Waals surface area contributed by atoms with Gasteiger partial charge in [0.05, 0.1) is 19.6 Å². The number of ether oxygens (including phenoxy) is 1. The molecule has 5 nitrogen and oxygen atoms in total. The van der Waals surface area contributed by atoms with Gasteiger partial charge < -0.3 is 15.0 Å². The number of benzene rings is 1. The van der Waals surface area contributed by atoms with Crippen molar-refractivity contribution >= 4 is 11.9 Å². The Bertz CT molecular complexity index is 596. The molecule has 0 amide bonds. The van der Waals surface area contributed by atoms with Crippen LogP contribution in [0.3, 0.4) is 0 Å². The number of aliphatic imine (C=N–C) groups is 1. The summed E-state index contributed by atoms with van der Waals surface area (Å²) < 4.78 is 18.2. The van der Waals surface area contributed by atoms with Crippen molar-refractivity contribution in [1.82, 2.24) is 10.2 Å². The third-order valence-electron chi connectivity index (χ3n) is 4.30. The first-order valence-electron chi connectivity index (χ1n) is 8.41. The minimum absolute atomic E-state index is 0.0196. The quantitative estimate of drug-likeness (QED) is 0.522. The molecule has 1 aromatic carbocycles. The third kappa shape index (κ3) is 4.69. The van der Waals surface area contributed by atoms with Gasteiger partial charge in [-0.3, -0.25) is 4.79 Å². The lowest BCUT2D eigenvalue weighted by Gasteiger charge is -2.33. The second-order valence-electron chi connectivity index (χ2n) is 6.04. The van der Waals surface area contributed by atoms with Crippen molar-refractivity contribution in [3.8, 4) is 0 Å². The highest BCUT2D eigenvalue weighted by atomic mass is 19.1. The van der Waals surface area contributed by atoms with Crippen LogP contribution < -0.4 is 5.32 Å². The number of likely N-dealkylation sites (tertiary alicyclic amines) is 1. The van der Waals surface area contributed by atoms with Crippen LogP contribution in [0.2, 0.25) is 0 Å². The number of rotatable bonds is 4. The topological polar surface area (TPSA) is 53.9 Å². The van der Waals surface area contributed by atoms with E-state index in [0.29, 0.717) is 12.1 Å². The predicted octanol–water partition coefficient (Wildman–Crippen LogP) is 2.48. The van der Waals surface area contributed by atoms with Crippen molar-refractivity contribution in [1.29, 1.82) is 0 Å². The van der Waals surface area contributed by atoms with Gasteiger partial charge in [-0.15, -0.1) is 0 Å². The van der Waals surface area contributed by atoms with Crippen LogP contribution in [0.25, 0.3) is 0 Å². The monoisotopic (exact) mass is 335 g/mol. The van der Waals surface area contributed by atoms with Crippen LogP contribution in [0.1, 0.15) is 30.9 Å². The zero-order valence-electron chi connectivity index (χ0n) is 14.6. The molecule has 0 unspecified atom stereocenters. The Labute approximate surface area is 142 Å². The van der Waals surface area contributed by atoms with Crippen molar-refractivity contribution < 1.29 is 13.9 Å². The molecule has 132 valence electrons. The molecule has 24 heavy (non-hydrogen) atoms. The Morgan fingerprint density at radius 2 is 2.12 bits per heavy atom. The fourth-order valence-electron chi connectivity index (χ4n) is 2.89. The lowest BCUT2D eigenvalue weighted by molar-refractivity contribution is -0.146. The van der Waals surface area contributed by atoms with Crippen molar-refractivity contribution in [3.05, 3.63) is 35.1 Å². The molecule has 1 fully saturated rings. The molecule has 1 N–H and O–H groups in total. The number of esters is 1. The smallest absolute Gasteiger partial charge is 0.308 e. The minimum Gasteiger partial charge on any atom is -0.469 e. The van der Waals surface area contributed by atoms with Gasteiger partial charge in [-0.25, -0.2) is 9.38 Å². The van der Waals surface area contributed by atoms with E-state index in [9.17, 15) is 9.18 Å². The minimum atomic E-state index is -0.195. The van der Waals surface area contributed by atoms with Gasteiger partial charge in [0, 0.05) is 19.6 Å². The highest BCUT2D eigenvalue weighted by molar-refractivity contribution is 5.80. The highest BCUT2D eigenvalue weighted by Gasteiger charge is 2.26. The maximum atomic E-state index is 13.3. The summed E-state index contributed by atoms with van der Waals surface area (Å²) in [7, 11) is 1.44. The van der Waals surface area contributed by atoms with Gasteiger partial charge in [0.25, 0.3) is 0 Å². The first kappa shape index (κ1) is 18.2. The average Bonchev–Trinajstić information content (AvgIpc) is 2.61. The maximum Gasteiger partial charge on any atom is 0.308 e. The third-order valence-corrected chi connectivity index (χ3v) is 4.30. The molecule has 1 aliphatic heterocycles. The van der Waals surface area contributed by atoms with Gasteiger partial charge in [0.2, 0.25) is 0 Å². The van der Waals surface area contributed by atoms with Crippen LogP contribution in [-0.4, -0.2) is 43.6 Å². The number of nitrogens with one attached hydrogen (secondary N) is 1. The number of aryl methyl sites for hydroxylation is 1. The summed E-state index contributed by atoms with van der Waals surface area (Å²) in [4.78, 5) is 18.4. The number of methoxy groups -OCH3 is 1. The summed E-state index contributed by atoms with van der Waals surface area (Å²) in [6.45, 7) is 6.60. The number of piperidine rings is 1. The van der Waals surface area contributed by atoms with E-state index in [1.54, 1.807) is 13.0 Å². The summed E-state index contributed by atoms with van der Waals surface area (Å²) in [5, 5.41) is 3.29. The number of halogens is 1. The summed E-state index contributed by atoms with van der Waals surface area (Å²) in [5.41, 5.74) is 1.61. The van der Waals surface area contributed by atoms with E-state index in [4.69, 9.17) is 4.74 Å². The van der Waals surface area contributed by atoms with Crippen molar-refractivity contribution in [3.63, 3.8) is 0 Å². The number of hydrogen-bond donors (Lipinski definition) is 1. The first-order valence-corrected chi connectivity index (χ1v) is 8.41. The predicted molar refractivity (Wildman–Crippen MR) is 92.3 cm³/mol. The number of carbonyl (C=O) groups is 1. The Hall–Kier alpha value is -2.11. The standard InChI is InChI=1S/C18H26FN3O2/c1-4-20-18(21-12-14-5-6-16(19)13(2)11-14)22-9-7-15(8-10-22)17(23)24-3/h5-6,11,15H,4,7-10,12H2,1-3H3,(H,20,21). The molecule has 0 aliphatic carbocycles. The van der Waals surface area contributed by atoms with Gasteiger partial charge in [-0.05, 0) is 43.9 Å². The zero-order valence-corrected chi connectivity index (χ0v) is 14.6. The number of carbonyl (C=O) groups excluding carboxylic acids is 1. The molecular weight excluding hydrogens is 309 g/mol. The fraction of sp³-hybridized carbons (Fsp3) is 0.556. The second-order valence-corrected chi connectivity index (χ2v) is 6.04. The fourth-order valence-corrected chi connectivity index (χ4v) is 2.89. The first-order chi connectivity index (χ1) is 11.5. The lowest BCUT2D eigenvalue weighted by atomic mass is 9.97. The van der Waals surface area contributed by atoms with E-state index in [0.717, 1.165) is 44.0 Å². The molecule has 2 rings (SSSR count). The molecule has 1 aromatic rings. The molecule has 0 bridgehead atoms. The van der Waals surface area contributed by atoms with E-state index < -0.39 is 0 Å². The molecule has 0 saturated carbocycles. The molecule has 1 heterocycles. The molecule has 1 aliphatic rings. The van der Waals surface area contributed by atoms with Crippen molar-refractivity contribution in [2.45, 2.75) is 33.2 Å². The molecule has 0 atom stereocenters. The summed E-state index contributed by atoms with van der Waals surface area (Å²) in [6.07, 6.45) is 1.54. The normalized spacial score (nSPS) is 16.2. The van der Waals surface area contributed by atoms with Crippen LogP contribution in [-0.2, 0) is 16.1 Å². The van der Waals surface area contributed by atoms with Crippen LogP contribution in [0.4, 0.5) is 4.39 Å². The largest absolute Gasteiger partial charge is 0.469 e. The Morgan fingerprint density at radius 3 is 2.71 bits per heavy atom. The molecule has 1 saturated heterocycles. The summed E-state index contributed by atoms with van der Waals surface area (Å²) >= 11 is 0. The second kappa shape index (κ2) is 8.66. The van der Waals surface area contributed by atoms with E-state index in [1.165, 1.54) is 13.2 Å². The number of nitrogens with zero attached hydrogens (tertiary/aromatic N) is 2. The lowest BCUT2D eigenvalue weighted by Crippen LogP contribution is -2.46. The van der Waals surface area contributed by atoms with E-state index >= 15 is 0 Å². The highest BCUT2D eigenvalue weighted by Crippen LogP contribution is 2.19. The molecule has 0 spiro atoms.